The van der Waals surface area contributed by atoms with Crippen LogP contribution in [0.4, 0.5) is 4.39 Å². The van der Waals surface area contributed by atoms with Crippen molar-refractivity contribution >= 4 is 32.6 Å². The molecule has 0 aliphatic rings. The fourth-order valence-electron chi connectivity index (χ4n) is 3.17. The maximum Gasteiger partial charge on any atom is 0.348 e. The van der Waals surface area contributed by atoms with Crippen molar-refractivity contribution in [3.8, 4) is 22.9 Å². The quantitative estimate of drug-likeness (QED) is 0.322. The lowest BCUT2D eigenvalue weighted by molar-refractivity contribution is 0.299. The summed E-state index contributed by atoms with van der Waals surface area (Å²) in [6.45, 7) is -0.0467. The Bertz CT molecular complexity index is 1500. The first-order valence-electron chi connectivity index (χ1n) is 9.78. The Morgan fingerprint density at radius 1 is 1.00 bits per heavy atom. The molecule has 0 aliphatic heterocycles. The second kappa shape index (κ2) is 8.64. The van der Waals surface area contributed by atoms with Crippen LogP contribution in [0.15, 0.2) is 82.5 Å². The summed E-state index contributed by atoms with van der Waals surface area (Å²) in [6.07, 6.45) is 1.63. The monoisotopic (exact) mass is 481 g/mol. The summed E-state index contributed by atoms with van der Waals surface area (Å²) in [6, 6.07) is 17.6. The number of hydrogen-bond acceptors (Lipinski definition) is 7. The van der Waals surface area contributed by atoms with Gasteiger partial charge in [-0.1, -0.05) is 24.3 Å². The molecule has 3 heterocycles. The van der Waals surface area contributed by atoms with E-state index >= 15 is 0 Å². The van der Waals surface area contributed by atoms with Gasteiger partial charge in [-0.15, -0.1) is 11.3 Å². The Balaban J connectivity index is 1.52. The molecule has 166 valence electrons. The summed E-state index contributed by atoms with van der Waals surface area (Å²) in [7, 11) is -4.02. The van der Waals surface area contributed by atoms with Crippen LogP contribution in [0.25, 0.3) is 22.6 Å². The van der Waals surface area contributed by atoms with Crippen LogP contribution >= 0.6 is 11.3 Å². The number of benzene rings is 2. The largest absolute Gasteiger partial charge is 0.489 e. The van der Waals surface area contributed by atoms with Crippen LogP contribution in [0.5, 0.6) is 11.5 Å². The number of ether oxygens (including phenoxy) is 1. The van der Waals surface area contributed by atoms with Gasteiger partial charge in [-0.3, -0.25) is 0 Å². The van der Waals surface area contributed by atoms with Crippen molar-refractivity contribution in [1.29, 1.82) is 0 Å². The second-order valence-corrected chi connectivity index (χ2v) is 9.72. The van der Waals surface area contributed by atoms with Gasteiger partial charge in [-0.05, 0) is 41.8 Å². The van der Waals surface area contributed by atoms with Gasteiger partial charge >= 0.3 is 10.1 Å². The number of imidazole rings is 1. The van der Waals surface area contributed by atoms with Crippen LogP contribution in [-0.4, -0.2) is 23.4 Å². The number of thiophene rings is 1. The molecule has 7 nitrogen and oxygen atoms in total. The standard InChI is InChI=1S/C23H16FN3O4S2/c24-19-6-2-1-5-15(19)14-30-17-11-16(22-26-20-7-3-9-25-23(20)27-22)12-18(13-17)31-33(28,29)21-8-4-10-32-21/h1-13H,14H2,(H,25,26,27). The van der Waals surface area contributed by atoms with Crippen LogP contribution in [0.1, 0.15) is 5.56 Å². The molecule has 5 rings (SSSR count). The first-order valence-corrected chi connectivity index (χ1v) is 12.1. The maximum atomic E-state index is 14.0. The summed E-state index contributed by atoms with van der Waals surface area (Å²) in [5, 5.41) is 1.65. The maximum absolute atomic E-state index is 14.0. The number of fused-ring (bicyclic) bond motifs is 1. The Hall–Kier alpha value is -3.76. The molecule has 0 aliphatic carbocycles. The number of halogens is 1. The second-order valence-electron chi connectivity index (χ2n) is 7.00. The van der Waals surface area contributed by atoms with Crippen molar-refractivity contribution in [2.75, 3.05) is 0 Å². The van der Waals surface area contributed by atoms with E-state index in [1.807, 2.05) is 6.07 Å². The Kier molecular flexibility index (Phi) is 5.53. The van der Waals surface area contributed by atoms with E-state index in [-0.39, 0.29) is 16.6 Å². The smallest absolute Gasteiger partial charge is 0.348 e. The van der Waals surface area contributed by atoms with E-state index in [1.165, 1.54) is 18.2 Å². The Morgan fingerprint density at radius 2 is 1.85 bits per heavy atom. The minimum absolute atomic E-state index is 0.0397. The van der Waals surface area contributed by atoms with Gasteiger partial charge < -0.3 is 13.9 Å². The first-order chi connectivity index (χ1) is 16.0. The summed E-state index contributed by atoms with van der Waals surface area (Å²) in [5.41, 5.74) is 2.12. The van der Waals surface area contributed by atoms with Gasteiger partial charge in [-0.25, -0.2) is 14.4 Å². The molecule has 33 heavy (non-hydrogen) atoms. The average Bonchev–Trinajstić information content (AvgIpc) is 3.49. The third kappa shape index (κ3) is 4.57. The Morgan fingerprint density at radius 3 is 2.64 bits per heavy atom. The number of rotatable bonds is 7. The molecule has 0 saturated heterocycles. The van der Waals surface area contributed by atoms with Crippen molar-refractivity contribution in [2.45, 2.75) is 10.8 Å². The number of pyridine rings is 1. The summed E-state index contributed by atoms with van der Waals surface area (Å²) < 4.78 is 50.5. The highest BCUT2D eigenvalue weighted by atomic mass is 32.3. The van der Waals surface area contributed by atoms with Crippen LogP contribution in [-0.2, 0) is 16.7 Å². The summed E-state index contributed by atoms with van der Waals surface area (Å²) in [5.74, 6) is 0.394. The average molecular weight is 482 g/mol. The van der Waals surface area contributed by atoms with E-state index in [4.69, 9.17) is 8.92 Å². The predicted molar refractivity (Wildman–Crippen MR) is 122 cm³/mol. The molecule has 0 atom stereocenters. The molecule has 0 spiro atoms. The summed E-state index contributed by atoms with van der Waals surface area (Å²) >= 11 is 1.05. The van der Waals surface area contributed by atoms with Gasteiger partial charge in [0.15, 0.2) is 9.86 Å². The molecule has 0 bridgehead atoms. The topological polar surface area (TPSA) is 94.2 Å². The third-order valence-corrected chi connectivity index (χ3v) is 7.31. The van der Waals surface area contributed by atoms with E-state index in [0.29, 0.717) is 28.3 Å². The molecule has 0 radical (unpaired) electrons. The third-order valence-electron chi connectivity index (χ3n) is 4.71. The Labute approximate surface area is 192 Å². The number of nitrogens with zero attached hydrogens (tertiary/aromatic N) is 2. The molecule has 1 N–H and O–H groups in total. The molecule has 5 aromatic rings. The fourth-order valence-corrected chi connectivity index (χ4v) is 5.04. The molecule has 0 saturated carbocycles. The van der Waals surface area contributed by atoms with Gasteiger partial charge in [0.25, 0.3) is 0 Å². The SMILES string of the molecule is O=S(=O)(Oc1cc(OCc2ccccc2F)cc(-c2nc3ncccc3[nH]2)c1)c1cccs1. The lowest BCUT2D eigenvalue weighted by Crippen LogP contribution is -2.08. The van der Waals surface area contributed by atoms with Crippen LogP contribution < -0.4 is 8.92 Å². The number of aromatic nitrogens is 3. The van der Waals surface area contributed by atoms with E-state index < -0.39 is 15.9 Å². The summed E-state index contributed by atoms with van der Waals surface area (Å²) in [4.78, 5) is 11.8. The highest BCUT2D eigenvalue weighted by Gasteiger charge is 2.20. The first kappa shape index (κ1) is 21.1. The zero-order valence-electron chi connectivity index (χ0n) is 16.9. The minimum Gasteiger partial charge on any atom is -0.489 e. The van der Waals surface area contributed by atoms with Crippen molar-refractivity contribution in [2.24, 2.45) is 0 Å². The normalized spacial score (nSPS) is 11.5. The van der Waals surface area contributed by atoms with Crippen molar-refractivity contribution < 1.29 is 21.7 Å². The van der Waals surface area contributed by atoms with Crippen LogP contribution in [0, 0.1) is 5.82 Å². The molecule has 0 unspecified atom stereocenters. The van der Waals surface area contributed by atoms with E-state index in [2.05, 4.69) is 15.0 Å². The molecule has 0 amide bonds. The molecule has 10 heteroatoms. The number of hydrogen-bond donors (Lipinski definition) is 1. The van der Waals surface area contributed by atoms with Crippen LogP contribution in [0.2, 0.25) is 0 Å². The minimum atomic E-state index is -4.02. The number of H-pyrrole nitrogens is 1. The fraction of sp³-hybridized carbons (Fsp3) is 0.0435. The predicted octanol–water partition coefficient (Wildman–Crippen LogP) is 5.17. The molecule has 0 fully saturated rings. The zero-order valence-corrected chi connectivity index (χ0v) is 18.6. The van der Waals surface area contributed by atoms with Gasteiger partial charge in [0.05, 0.1) is 5.52 Å². The molecular formula is C23H16FN3O4S2. The van der Waals surface area contributed by atoms with Crippen molar-refractivity contribution in [1.82, 2.24) is 15.0 Å². The highest BCUT2D eigenvalue weighted by Crippen LogP contribution is 2.32. The molecular weight excluding hydrogens is 465 g/mol. The van der Waals surface area contributed by atoms with Gasteiger partial charge in [0.2, 0.25) is 0 Å². The van der Waals surface area contributed by atoms with E-state index in [1.54, 1.807) is 54.0 Å². The van der Waals surface area contributed by atoms with Crippen molar-refractivity contribution in [3.63, 3.8) is 0 Å². The van der Waals surface area contributed by atoms with Gasteiger partial charge in [-0.2, -0.15) is 8.42 Å². The lowest BCUT2D eigenvalue weighted by atomic mass is 10.2. The lowest BCUT2D eigenvalue weighted by Gasteiger charge is -2.12. The zero-order chi connectivity index (χ0) is 22.8. The van der Waals surface area contributed by atoms with E-state index in [0.717, 1.165) is 16.9 Å². The van der Waals surface area contributed by atoms with E-state index in [9.17, 15) is 12.8 Å². The van der Waals surface area contributed by atoms with Gasteiger partial charge in [0.1, 0.15) is 29.7 Å². The van der Waals surface area contributed by atoms with Crippen LogP contribution in [0.3, 0.4) is 0 Å². The van der Waals surface area contributed by atoms with Gasteiger partial charge in [0, 0.05) is 23.4 Å². The molecule has 3 aromatic heterocycles. The van der Waals surface area contributed by atoms with Crippen molar-refractivity contribution in [3.05, 3.63) is 89.7 Å². The molecule has 2 aromatic carbocycles. The number of aromatic amines is 1. The number of nitrogens with one attached hydrogen (secondary N) is 1. The highest BCUT2D eigenvalue weighted by molar-refractivity contribution is 7.89.